The van der Waals surface area contributed by atoms with Gasteiger partial charge in [0.05, 0.1) is 19.3 Å². The van der Waals surface area contributed by atoms with Crippen LogP contribution in [0.2, 0.25) is 0 Å². The van der Waals surface area contributed by atoms with Gasteiger partial charge in [-0.3, -0.25) is 9.69 Å². The Morgan fingerprint density at radius 1 is 1.50 bits per heavy atom. The summed E-state index contributed by atoms with van der Waals surface area (Å²) in [5, 5.41) is 0. The van der Waals surface area contributed by atoms with Crippen LogP contribution in [0.4, 0.5) is 4.39 Å². The van der Waals surface area contributed by atoms with Crippen LogP contribution in [0.15, 0.2) is 18.2 Å². The van der Waals surface area contributed by atoms with Crippen molar-refractivity contribution in [3.05, 3.63) is 29.6 Å². The molecular formula is C15H20FNO3. The highest BCUT2D eigenvalue weighted by atomic mass is 19.1. The number of nitrogens with zero attached hydrogens (tertiary/aromatic N) is 1. The summed E-state index contributed by atoms with van der Waals surface area (Å²) < 4.78 is 24.4. The number of carbonyl (C=O) groups is 1. The second-order valence-corrected chi connectivity index (χ2v) is 5.16. The molecule has 2 rings (SSSR count). The Morgan fingerprint density at radius 3 is 2.85 bits per heavy atom. The lowest BCUT2D eigenvalue weighted by atomic mass is 10.0. The fourth-order valence-electron chi connectivity index (χ4n) is 2.29. The molecule has 4 nitrogen and oxygen atoms in total. The van der Waals surface area contributed by atoms with Gasteiger partial charge in [-0.25, -0.2) is 4.39 Å². The van der Waals surface area contributed by atoms with E-state index >= 15 is 0 Å². The van der Waals surface area contributed by atoms with Gasteiger partial charge >= 0.3 is 0 Å². The number of methoxy groups -OCH3 is 1. The Kier molecular flexibility index (Phi) is 4.73. The largest absolute Gasteiger partial charge is 0.497 e. The van der Waals surface area contributed by atoms with Crippen molar-refractivity contribution in [1.82, 2.24) is 4.90 Å². The molecule has 0 spiro atoms. The standard InChI is InChI=1S/C15H20FNO3/c1-10(2)17-6-7-20-14(9-17)15(18)12-5-4-11(19-3)8-13(12)16/h4-5,8,10,14H,6-7,9H2,1-3H3. The molecule has 0 aromatic heterocycles. The molecule has 0 N–H and O–H groups in total. The summed E-state index contributed by atoms with van der Waals surface area (Å²) in [6.07, 6.45) is -0.603. The fourth-order valence-corrected chi connectivity index (χ4v) is 2.29. The quantitative estimate of drug-likeness (QED) is 0.793. The summed E-state index contributed by atoms with van der Waals surface area (Å²) >= 11 is 0. The van der Waals surface area contributed by atoms with Gasteiger partial charge in [0, 0.05) is 25.2 Å². The molecule has 1 saturated heterocycles. The Bertz CT molecular complexity index is 490. The molecule has 0 saturated carbocycles. The maximum absolute atomic E-state index is 13.9. The maximum atomic E-state index is 13.9. The predicted molar refractivity (Wildman–Crippen MR) is 73.7 cm³/mol. The van der Waals surface area contributed by atoms with Crippen LogP contribution in [0.3, 0.4) is 0 Å². The molecule has 1 aliphatic heterocycles. The van der Waals surface area contributed by atoms with Crippen molar-refractivity contribution in [1.29, 1.82) is 0 Å². The third-order valence-electron chi connectivity index (χ3n) is 3.56. The first-order valence-electron chi connectivity index (χ1n) is 6.76. The molecule has 110 valence electrons. The average molecular weight is 281 g/mol. The van der Waals surface area contributed by atoms with Gasteiger partial charge in [-0.15, -0.1) is 0 Å². The van der Waals surface area contributed by atoms with Gasteiger partial charge in [0.2, 0.25) is 0 Å². The van der Waals surface area contributed by atoms with Crippen LogP contribution in [0.5, 0.6) is 5.75 Å². The lowest BCUT2D eigenvalue weighted by Crippen LogP contribution is -2.48. The lowest BCUT2D eigenvalue weighted by Gasteiger charge is -2.34. The van der Waals surface area contributed by atoms with Crippen LogP contribution >= 0.6 is 0 Å². The van der Waals surface area contributed by atoms with Crippen LogP contribution in [0.1, 0.15) is 24.2 Å². The van der Waals surface area contributed by atoms with Crippen LogP contribution < -0.4 is 4.74 Å². The van der Waals surface area contributed by atoms with Gasteiger partial charge in [0.15, 0.2) is 5.78 Å². The number of benzene rings is 1. The molecular weight excluding hydrogens is 261 g/mol. The minimum absolute atomic E-state index is 0.0569. The van der Waals surface area contributed by atoms with Crippen molar-refractivity contribution < 1.29 is 18.7 Å². The Labute approximate surface area is 118 Å². The zero-order chi connectivity index (χ0) is 14.7. The number of ether oxygens (including phenoxy) is 2. The van der Waals surface area contributed by atoms with E-state index in [1.54, 1.807) is 6.07 Å². The third-order valence-corrected chi connectivity index (χ3v) is 3.56. The molecule has 0 amide bonds. The summed E-state index contributed by atoms with van der Waals surface area (Å²) in [4.78, 5) is 14.5. The van der Waals surface area contributed by atoms with Crippen molar-refractivity contribution >= 4 is 5.78 Å². The van der Waals surface area contributed by atoms with Crippen molar-refractivity contribution in [2.75, 3.05) is 26.8 Å². The molecule has 0 aliphatic carbocycles. The SMILES string of the molecule is COc1ccc(C(=O)C2CN(C(C)C)CCO2)c(F)c1. The number of hydrogen-bond acceptors (Lipinski definition) is 4. The van der Waals surface area contributed by atoms with Crippen molar-refractivity contribution in [3.63, 3.8) is 0 Å². The number of carbonyl (C=O) groups excluding carboxylic acids is 1. The van der Waals surface area contributed by atoms with Gasteiger partial charge in [-0.1, -0.05) is 0 Å². The summed E-state index contributed by atoms with van der Waals surface area (Å²) in [6.45, 7) is 5.93. The van der Waals surface area contributed by atoms with E-state index in [4.69, 9.17) is 9.47 Å². The van der Waals surface area contributed by atoms with E-state index in [-0.39, 0.29) is 11.3 Å². The molecule has 20 heavy (non-hydrogen) atoms. The minimum Gasteiger partial charge on any atom is -0.497 e. The molecule has 1 atom stereocenters. The van der Waals surface area contributed by atoms with Crippen molar-refractivity contribution in [2.24, 2.45) is 0 Å². The normalized spacial score (nSPS) is 20.1. The van der Waals surface area contributed by atoms with Crippen LogP contribution in [0.25, 0.3) is 0 Å². The van der Waals surface area contributed by atoms with Gasteiger partial charge in [-0.05, 0) is 26.0 Å². The molecule has 1 aromatic carbocycles. The zero-order valence-corrected chi connectivity index (χ0v) is 12.1. The number of Topliss-reactive ketones (excluding diaryl/α,β-unsaturated/α-hetero) is 1. The van der Waals surface area contributed by atoms with Gasteiger partial charge in [0.1, 0.15) is 17.7 Å². The molecule has 0 radical (unpaired) electrons. The molecule has 5 heteroatoms. The minimum atomic E-state index is -0.603. The number of ketones is 1. The first-order chi connectivity index (χ1) is 9.52. The highest BCUT2D eigenvalue weighted by molar-refractivity contribution is 6.00. The number of rotatable bonds is 4. The molecule has 0 bridgehead atoms. The van der Waals surface area contributed by atoms with E-state index in [1.807, 2.05) is 0 Å². The van der Waals surface area contributed by atoms with E-state index in [1.165, 1.54) is 19.2 Å². The second-order valence-electron chi connectivity index (χ2n) is 5.16. The average Bonchev–Trinajstić information content (AvgIpc) is 2.46. The monoisotopic (exact) mass is 281 g/mol. The van der Waals surface area contributed by atoms with E-state index in [2.05, 4.69) is 18.7 Å². The molecule has 1 fully saturated rings. The van der Waals surface area contributed by atoms with E-state index in [0.717, 1.165) is 6.54 Å². The van der Waals surface area contributed by atoms with Gasteiger partial charge in [-0.2, -0.15) is 0 Å². The zero-order valence-electron chi connectivity index (χ0n) is 12.1. The lowest BCUT2D eigenvalue weighted by molar-refractivity contribution is -0.0257. The summed E-state index contributed by atoms with van der Waals surface area (Å²) in [5.74, 6) is -0.484. The van der Waals surface area contributed by atoms with Crippen molar-refractivity contribution in [2.45, 2.75) is 26.0 Å². The second kappa shape index (κ2) is 6.33. The predicted octanol–water partition coefficient (Wildman–Crippen LogP) is 2.13. The molecule has 1 heterocycles. The first-order valence-corrected chi connectivity index (χ1v) is 6.76. The smallest absolute Gasteiger partial charge is 0.195 e. The number of hydrogen-bond donors (Lipinski definition) is 0. The van der Waals surface area contributed by atoms with E-state index in [9.17, 15) is 9.18 Å². The number of morpholine rings is 1. The third kappa shape index (κ3) is 3.16. The Hall–Kier alpha value is -1.46. The van der Waals surface area contributed by atoms with Crippen LogP contribution in [-0.2, 0) is 4.74 Å². The molecule has 1 aromatic rings. The first kappa shape index (κ1) is 14.9. The Balaban J connectivity index is 2.14. The maximum Gasteiger partial charge on any atom is 0.195 e. The molecule has 1 unspecified atom stereocenters. The highest BCUT2D eigenvalue weighted by Gasteiger charge is 2.30. The van der Waals surface area contributed by atoms with Crippen molar-refractivity contribution in [3.8, 4) is 5.75 Å². The summed E-state index contributed by atoms with van der Waals surface area (Å²) in [7, 11) is 1.46. The van der Waals surface area contributed by atoms with E-state index < -0.39 is 11.9 Å². The van der Waals surface area contributed by atoms with E-state index in [0.29, 0.717) is 24.9 Å². The van der Waals surface area contributed by atoms with Crippen LogP contribution in [-0.4, -0.2) is 49.6 Å². The summed E-state index contributed by atoms with van der Waals surface area (Å²) in [6, 6.07) is 4.60. The van der Waals surface area contributed by atoms with Crippen LogP contribution in [0, 0.1) is 5.82 Å². The van der Waals surface area contributed by atoms with Gasteiger partial charge < -0.3 is 9.47 Å². The summed E-state index contributed by atoms with van der Waals surface area (Å²) in [5.41, 5.74) is 0.0569. The fraction of sp³-hybridized carbons (Fsp3) is 0.533. The highest BCUT2D eigenvalue weighted by Crippen LogP contribution is 2.20. The topological polar surface area (TPSA) is 38.8 Å². The molecule has 1 aliphatic rings. The van der Waals surface area contributed by atoms with Gasteiger partial charge in [0.25, 0.3) is 0 Å². The number of halogens is 1. The Morgan fingerprint density at radius 2 is 2.25 bits per heavy atom.